The van der Waals surface area contributed by atoms with E-state index in [0.29, 0.717) is 26.1 Å². The van der Waals surface area contributed by atoms with E-state index in [9.17, 15) is 4.79 Å². The number of methoxy groups -OCH3 is 1. The Hall–Kier alpha value is -3.43. The van der Waals surface area contributed by atoms with Crippen molar-refractivity contribution in [1.29, 1.82) is 0 Å². The van der Waals surface area contributed by atoms with E-state index in [0.717, 1.165) is 42.0 Å². The van der Waals surface area contributed by atoms with Gasteiger partial charge in [0.25, 0.3) is 0 Å². The van der Waals surface area contributed by atoms with Gasteiger partial charge in [0.05, 0.1) is 30.0 Å². The second-order valence-electron chi connectivity index (χ2n) is 8.40. The molecule has 6 nitrogen and oxygen atoms in total. The number of likely N-dealkylation sites (N-methyl/N-ethyl adjacent to an activating group) is 1. The second kappa shape index (κ2) is 20.7. The van der Waals surface area contributed by atoms with Crippen LogP contribution < -0.4 is 5.32 Å². The number of carbonyl (C=O) groups excluding carboxylic acids is 1. The monoisotopic (exact) mass is 509 g/mol. The third-order valence-corrected chi connectivity index (χ3v) is 5.82. The molecule has 0 aromatic carbocycles. The molecule has 1 atom stereocenters. The average molecular weight is 510 g/mol. The molecule has 0 saturated carbocycles. The van der Waals surface area contributed by atoms with Gasteiger partial charge in [0, 0.05) is 52.3 Å². The molecule has 1 N–H and O–H groups in total. The van der Waals surface area contributed by atoms with Crippen LogP contribution in [0.25, 0.3) is 0 Å². The van der Waals surface area contributed by atoms with Crippen LogP contribution in [-0.2, 0) is 14.3 Å². The Bertz CT molecular complexity index is 891. The molecule has 37 heavy (non-hydrogen) atoms. The third-order valence-electron chi connectivity index (χ3n) is 5.82. The highest BCUT2D eigenvalue weighted by molar-refractivity contribution is 5.77. The molecule has 1 unspecified atom stereocenters. The predicted octanol–water partition coefficient (Wildman–Crippen LogP) is 6.06. The van der Waals surface area contributed by atoms with E-state index in [-0.39, 0.29) is 11.9 Å². The summed E-state index contributed by atoms with van der Waals surface area (Å²) in [6.07, 6.45) is 28.4. The molecule has 0 radical (unpaired) electrons. The highest BCUT2D eigenvalue weighted by atomic mass is 16.5. The fraction of sp³-hybridized carbons (Fsp3) is 0.452. The van der Waals surface area contributed by atoms with E-state index in [4.69, 9.17) is 9.47 Å². The van der Waals surface area contributed by atoms with Gasteiger partial charge in [-0.3, -0.25) is 4.79 Å². The number of terminal acetylenes is 1. The maximum Gasteiger partial charge on any atom is 0.226 e. The lowest BCUT2D eigenvalue weighted by molar-refractivity contribution is -0.130. The fourth-order valence-electron chi connectivity index (χ4n) is 3.72. The minimum atomic E-state index is 0.149. The number of amides is 1. The molecule has 1 aliphatic rings. The van der Waals surface area contributed by atoms with Crippen LogP contribution in [0.15, 0.2) is 84.3 Å². The molecule has 1 aliphatic heterocycles. The van der Waals surface area contributed by atoms with Gasteiger partial charge >= 0.3 is 0 Å². The number of allylic oxidation sites excluding steroid dienone is 7. The lowest BCUT2D eigenvalue weighted by Crippen LogP contribution is -2.36. The first-order chi connectivity index (χ1) is 17.9. The number of ether oxygens (including phenoxy) is 2. The number of rotatable bonds is 14. The summed E-state index contributed by atoms with van der Waals surface area (Å²) in [6.45, 7) is 13.8. The van der Waals surface area contributed by atoms with Crippen molar-refractivity contribution < 1.29 is 14.3 Å². The topological polar surface area (TPSA) is 54.0 Å². The van der Waals surface area contributed by atoms with Crippen LogP contribution in [0.5, 0.6) is 0 Å². The minimum Gasteiger partial charge on any atom is -0.470 e. The molecular formula is C31H47N3O3. The van der Waals surface area contributed by atoms with Crippen molar-refractivity contribution in [2.45, 2.75) is 59.4 Å². The van der Waals surface area contributed by atoms with E-state index in [1.165, 1.54) is 0 Å². The highest BCUT2D eigenvalue weighted by Crippen LogP contribution is 2.19. The van der Waals surface area contributed by atoms with Crippen LogP contribution >= 0.6 is 0 Å². The van der Waals surface area contributed by atoms with Crippen LogP contribution in [0.4, 0.5) is 0 Å². The zero-order chi connectivity index (χ0) is 28.1. The lowest BCUT2D eigenvalue weighted by Gasteiger charge is -2.27. The van der Waals surface area contributed by atoms with Gasteiger partial charge in [-0.2, -0.15) is 0 Å². The molecule has 0 saturated heterocycles. The first-order valence-electron chi connectivity index (χ1n) is 12.8. The normalized spacial score (nSPS) is 17.0. The van der Waals surface area contributed by atoms with E-state index in [1.807, 2.05) is 74.2 Å². The van der Waals surface area contributed by atoms with Gasteiger partial charge in [-0.15, -0.1) is 12.8 Å². The zero-order valence-electron chi connectivity index (χ0n) is 23.7. The molecule has 0 aromatic rings. The molecule has 0 spiro atoms. The molecule has 0 aliphatic carbocycles. The van der Waals surface area contributed by atoms with Crippen LogP contribution in [0.3, 0.4) is 0 Å². The van der Waals surface area contributed by atoms with Crippen molar-refractivity contribution in [2.24, 2.45) is 0 Å². The summed E-state index contributed by atoms with van der Waals surface area (Å²) in [6, 6.07) is 0.172. The third kappa shape index (κ3) is 13.5. The highest BCUT2D eigenvalue weighted by Gasteiger charge is 2.15. The smallest absolute Gasteiger partial charge is 0.226 e. The minimum absolute atomic E-state index is 0.149. The summed E-state index contributed by atoms with van der Waals surface area (Å²) in [7, 11) is 3.69. The van der Waals surface area contributed by atoms with Crippen LogP contribution in [0.2, 0.25) is 0 Å². The van der Waals surface area contributed by atoms with Gasteiger partial charge in [-0.05, 0) is 70.4 Å². The first-order valence-corrected chi connectivity index (χ1v) is 12.8. The Morgan fingerprint density at radius 3 is 2.65 bits per heavy atom. The van der Waals surface area contributed by atoms with E-state index < -0.39 is 0 Å². The van der Waals surface area contributed by atoms with Gasteiger partial charge in [-0.25, -0.2) is 0 Å². The molecule has 0 fully saturated rings. The van der Waals surface area contributed by atoms with Crippen molar-refractivity contribution in [1.82, 2.24) is 15.1 Å². The largest absolute Gasteiger partial charge is 0.470 e. The molecule has 1 heterocycles. The molecule has 1 rings (SSSR count). The van der Waals surface area contributed by atoms with Crippen molar-refractivity contribution in [2.75, 3.05) is 33.9 Å². The quantitative estimate of drug-likeness (QED) is 0.228. The van der Waals surface area contributed by atoms with Gasteiger partial charge < -0.3 is 24.6 Å². The summed E-state index contributed by atoms with van der Waals surface area (Å²) in [5, 5.41) is 3.61. The molecule has 1 amide bonds. The van der Waals surface area contributed by atoms with Crippen molar-refractivity contribution in [3.8, 4) is 12.8 Å². The summed E-state index contributed by atoms with van der Waals surface area (Å²) < 4.78 is 10.8. The number of carbonyl (C=O) groups is 1. The Balaban J connectivity index is 0.00000631. The number of nitrogens with zero attached hydrogens (tertiary/aromatic N) is 2. The summed E-state index contributed by atoms with van der Waals surface area (Å²) >= 11 is 0. The maximum atomic E-state index is 12.9. The Labute approximate surface area is 225 Å². The summed E-state index contributed by atoms with van der Waals surface area (Å²) in [5.74, 6) is 1.12. The molecule has 6 heteroatoms. The standard InChI is InChI=1S/C29H45N3O3.C2H2/c1-8-12-20-31(6)28(10-3)27(19-22-34-7)30-24(5)17-21-32(11-4)29(33)16-14-25-13-15-26(9-2)35-23-18-25;1-2/h8-10,12,14,18-20,23-24,30H,1,11,13,15-17,21-22H2,2-7H3;1-2H/b20-12-,25-14+,26-9+,27-19+,28-10+;. The maximum absolute atomic E-state index is 12.9. The zero-order valence-corrected chi connectivity index (χ0v) is 23.7. The number of hydrogen-bond donors (Lipinski definition) is 1. The Kier molecular flexibility index (Phi) is 18.8. The van der Waals surface area contributed by atoms with E-state index in [1.54, 1.807) is 19.4 Å². The van der Waals surface area contributed by atoms with Gasteiger partial charge in [0.1, 0.15) is 0 Å². The Morgan fingerprint density at radius 1 is 1.32 bits per heavy atom. The van der Waals surface area contributed by atoms with E-state index in [2.05, 4.69) is 37.7 Å². The molecule has 0 aromatic heterocycles. The van der Waals surface area contributed by atoms with Gasteiger partial charge in [0.15, 0.2) is 0 Å². The van der Waals surface area contributed by atoms with Crippen molar-refractivity contribution in [3.05, 3.63) is 84.3 Å². The van der Waals surface area contributed by atoms with Crippen LogP contribution in [-0.4, -0.2) is 55.6 Å². The summed E-state index contributed by atoms with van der Waals surface area (Å²) in [4.78, 5) is 16.9. The van der Waals surface area contributed by atoms with Gasteiger partial charge in [0.2, 0.25) is 5.91 Å². The Morgan fingerprint density at radius 2 is 2.05 bits per heavy atom. The summed E-state index contributed by atoms with van der Waals surface area (Å²) in [5.41, 5.74) is 3.19. The molecular weight excluding hydrogens is 462 g/mol. The van der Waals surface area contributed by atoms with Crippen molar-refractivity contribution >= 4 is 5.91 Å². The predicted molar refractivity (Wildman–Crippen MR) is 156 cm³/mol. The van der Waals surface area contributed by atoms with Crippen molar-refractivity contribution in [3.63, 3.8) is 0 Å². The lowest BCUT2D eigenvalue weighted by atomic mass is 10.1. The first kappa shape index (κ1) is 33.6. The van der Waals surface area contributed by atoms with E-state index >= 15 is 0 Å². The van der Waals surface area contributed by atoms with Crippen LogP contribution in [0.1, 0.15) is 53.4 Å². The molecule has 204 valence electrons. The SMILES string of the molecule is C#C.C=C/C=C\N(C)C(=C/C)/C(=C\COC)NC(C)CCN(CC)C(=O)C/C=C1/C=CO/C(=C/C)CC1. The fourth-order valence-corrected chi connectivity index (χ4v) is 3.72. The van der Waals surface area contributed by atoms with Crippen LogP contribution in [0, 0.1) is 12.8 Å². The number of nitrogens with one attached hydrogen (secondary N) is 1. The molecule has 0 bridgehead atoms. The average Bonchev–Trinajstić information content (AvgIpc) is 3.16. The second-order valence-corrected chi connectivity index (χ2v) is 8.40. The number of hydrogen-bond acceptors (Lipinski definition) is 5. The van der Waals surface area contributed by atoms with Gasteiger partial charge in [-0.1, -0.05) is 24.8 Å².